The number of rotatable bonds is 4. The standard InChI is InChI=1S/C14H27N3O2.2ClH/c1-10-4-3-5-17(9-10)11(2)7-16-14(19)13-6-12(18)8-15-13;;/h10-13,15,18H,3-9H2,1-2H3,(H,16,19);2*1H. The monoisotopic (exact) mass is 341 g/mol. The first-order valence-electron chi connectivity index (χ1n) is 7.49. The fraction of sp³-hybridized carbons (Fsp3) is 0.929. The van der Waals surface area contributed by atoms with Gasteiger partial charge in [0.1, 0.15) is 0 Å². The number of hydrogen-bond acceptors (Lipinski definition) is 4. The molecule has 1 amide bonds. The fourth-order valence-electron chi connectivity index (χ4n) is 3.04. The van der Waals surface area contributed by atoms with E-state index in [4.69, 9.17) is 0 Å². The number of aliphatic hydroxyl groups is 1. The molecule has 2 fully saturated rings. The van der Waals surface area contributed by atoms with Gasteiger partial charge in [-0.25, -0.2) is 0 Å². The summed E-state index contributed by atoms with van der Waals surface area (Å²) < 4.78 is 0. The summed E-state index contributed by atoms with van der Waals surface area (Å²) in [6.45, 7) is 7.97. The van der Waals surface area contributed by atoms with E-state index in [1.54, 1.807) is 0 Å². The van der Waals surface area contributed by atoms with Crippen LogP contribution < -0.4 is 10.6 Å². The molecule has 0 aromatic heterocycles. The minimum Gasteiger partial charge on any atom is -0.392 e. The lowest BCUT2D eigenvalue weighted by Gasteiger charge is -2.35. The molecule has 3 N–H and O–H groups in total. The predicted molar refractivity (Wildman–Crippen MR) is 89.4 cm³/mol. The molecule has 2 rings (SSSR count). The predicted octanol–water partition coefficient (Wildman–Crippen LogP) is 0.789. The van der Waals surface area contributed by atoms with Crippen molar-refractivity contribution in [2.75, 3.05) is 26.2 Å². The van der Waals surface area contributed by atoms with Gasteiger partial charge < -0.3 is 15.7 Å². The van der Waals surface area contributed by atoms with Crippen molar-refractivity contribution >= 4 is 30.7 Å². The average molecular weight is 342 g/mol. The van der Waals surface area contributed by atoms with Crippen LogP contribution in [-0.2, 0) is 4.79 Å². The van der Waals surface area contributed by atoms with Gasteiger partial charge in [-0.05, 0) is 38.6 Å². The lowest BCUT2D eigenvalue weighted by Crippen LogP contribution is -2.49. The number of β-amino-alcohol motifs (C(OH)–C–C–N with tert-alkyl or cyclic N) is 1. The second-order valence-corrected chi connectivity index (χ2v) is 6.19. The molecule has 2 aliphatic heterocycles. The Morgan fingerprint density at radius 1 is 1.48 bits per heavy atom. The summed E-state index contributed by atoms with van der Waals surface area (Å²) in [6.07, 6.45) is 2.73. The summed E-state index contributed by atoms with van der Waals surface area (Å²) in [4.78, 5) is 14.4. The van der Waals surface area contributed by atoms with E-state index >= 15 is 0 Å². The van der Waals surface area contributed by atoms with E-state index in [1.165, 1.54) is 12.8 Å². The summed E-state index contributed by atoms with van der Waals surface area (Å²) in [5.74, 6) is 0.784. The number of nitrogens with one attached hydrogen (secondary N) is 2. The summed E-state index contributed by atoms with van der Waals surface area (Å²) >= 11 is 0. The van der Waals surface area contributed by atoms with Crippen LogP contribution in [0.25, 0.3) is 0 Å². The fourth-order valence-corrected chi connectivity index (χ4v) is 3.04. The zero-order valence-corrected chi connectivity index (χ0v) is 14.5. The van der Waals surface area contributed by atoms with Crippen LogP contribution in [0.1, 0.15) is 33.1 Å². The van der Waals surface area contributed by atoms with Gasteiger partial charge in [0.05, 0.1) is 12.1 Å². The van der Waals surface area contributed by atoms with Gasteiger partial charge in [-0.15, -0.1) is 24.8 Å². The summed E-state index contributed by atoms with van der Waals surface area (Å²) in [7, 11) is 0. The Labute approximate surface area is 140 Å². The van der Waals surface area contributed by atoms with Crippen molar-refractivity contribution in [1.82, 2.24) is 15.5 Å². The molecule has 0 spiro atoms. The second-order valence-electron chi connectivity index (χ2n) is 6.19. The largest absolute Gasteiger partial charge is 0.392 e. The molecule has 0 radical (unpaired) electrons. The molecule has 21 heavy (non-hydrogen) atoms. The maximum atomic E-state index is 11.9. The average Bonchev–Trinajstić information content (AvgIpc) is 2.82. The van der Waals surface area contributed by atoms with E-state index in [-0.39, 0.29) is 42.9 Å². The van der Waals surface area contributed by atoms with Crippen molar-refractivity contribution in [2.24, 2.45) is 5.92 Å². The van der Waals surface area contributed by atoms with Gasteiger partial charge in [0.15, 0.2) is 0 Å². The molecule has 0 bridgehead atoms. The first-order chi connectivity index (χ1) is 9.06. The lowest BCUT2D eigenvalue weighted by atomic mass is 9.99. The first-order valence-corrected chi connectivity index (χ1v) is 7.49. The number of halogens is 2. The molecule has 126 valence electrons. The topological polar surface area (TPSA) is 64.6 Å². The van der Waals surface area contributed by atoms with Gasteiger partial charge >= 0.3 is 0 Å². The van der Waals surface area contributed by atoms with Crippen molar-refractivity contribution in [3.63, 3.8) is 0 Å². The Hall–Kier alpha value is -0.0700. The molecule has 2 heterocycles. The van der Waals surface area contributed by atoms with E-state index in [9.17, 15) is 9.90 Å². The Kier molecular flexibility index (Phi) is 9.81. The molecule has 5 nitrogen and oxygen atoms in total. The van der Waals surface area contributed by atoms with Crippen molar-refractivity contribution in [3.8, 4) is 0 Å². The number of hydrogen-bond donors (Lipinski definition) is 3. The van der Waals surface area contributed by atoms with E-state index < -0.39 is 0 Å². The number of nitrogens with zero attached hydrogens (tertiary/aromatic N) is 1. The number of piperidine rings is 1. The van der Waals surface area contributed by atoms with Crippen LogP contribution in [0.4, 0.5) is 0 Å². The molecule has 0 saturated carbocycles. The molecule has 0 aromatic carbocycles. The molecule has 2 aliphatic rings. The SMILES string of the molecule is CC1CCCN(C(C)CNC(=O)C2CC(O)CN2)C1.Cl.Cl. The van der Waals surface area contributed by atoms with E-state index in [0.717, 1.165) is 19.0 Å². The molecule has 2 saturated heterocycles. The van der Waals surface area contributed by atoms with Crippen molar-refractivity contribution < 1.29 is 9.90 Å². The quantitative estimate of drug-likeness (QED) is 0.707. The first kappa shape index (κ1) is 20.9. The van der Waals surface area contributed by atoms with Crippen LogP contribution >= 0.6 is 24.8 Å². The Bertz CT molecular complexity index is 321. The molecule has 0 aromatic rings. The number of amides is 1. The highest BCUT2D eigenvalue weighted by Crippen LogP contribution is 2.17. The molecule has 4 unspecified atom stereocenters. The normalized spacial score (nSPS) is 30.9. The molecule has 4 atom stereocenters. The highest BCUT2D eigenvalue weighted by molar-refractivity contribution is 5.85. The van der Waals surface area contributed by atoms with Gasteiger partial charge in [0, 0.05) is 25.7 Å². The van der Waals surface area contributed by atoms with Gasteiger partial charge in [0.2, 0.25) is 5.91 Å². The van der Waals surface area contributed by atoms with Gasteiger partial charge in [-0.3, -0.25) is 9.69 Å². The summed E-state index contributed by atoms with van der Waals surface area (Å²) in [5.41, 5.74) is 0. The highest BCUT2D eigenvalue weighted by Gasteiger charge is 2.28. The van der Waals surface area contributed by atoms with E-state index in [0.29, 0.717) is 25.6 Å². The van der Waals surface area contributed by atoms with Crippen molar-refractivity contribution in [3.05, 3.63) is 0 Å². The van der Waals surface area contributed by atoms with Gasteiger partial charge in [-0.1, -0.05) is 6.92 Å². The summed E-state index contributed by atoms with van der Waals surface area (Å²) in [5, 5.41) is 15.5. The Balaban J connectivity index is 0.00000200. The highest BCUT2D eigenvalue weighted by atomic mass is 35.5. The van der Waals surface area contributed by atoms with Crippen LogP contribution in [0, 0.1) is 5.92 Å². The van der Waals surface area contributed by atoms with Crippen LogP contribution in [0.2, 0.25) is 0 Å². The maximum Gasteiger partial charge on any atom is 0.237 e. The number of aliphatic hydroxyl groups excluding tert-OH is 1. The Morgan fingerprint density at radius 3 is 2.76 bits per heavy atom. The zero-order valence-electron chi connectivity index (χ0n) is 12.9. The smallest absolute Gasteiger partial charge is 0.237 e. The molecular weight excluding hydrogens is 313 g/mol. The lowest BCUT2D eigenvalue weighted by molar-refractivity contribution is -0.123. The van der Waals surface area contributed by atoms with Crippen LogP contribution in [0.5, 0.6) is 0 Å². The summed E-state index contributed by atoms with van der Waals surface area (Å²) in [6, 6.07) is 0.167. The van der Waals surface area contributed by atoms with Crippen molar-refractivity contribution in [2.45, 2.75) is 51.3 Å². The van der Waals surface area contributed by atoms with E-state index in [1.807, 2.05) is 0 Å². The molecular formula is C14H29Cl2N3O2. The number of carbonyl (C=O) groups excluding carboxylic acids is 1. The third kappa shape index (κ3) is 6.28. The van der Waals surface area contributed by atoms with Crippen molar-refractivity contribution in [1.29, 1.82) is 0 Å². The van der Waals surface area contributed by atoms with E-state index in [2.05, 4.69) is 29.4 Å². The van der Waals surface area contributed by atoms with Crippen LogP contribution in [-0.4, -0.2) is 60.3 Å². The maximum absolute atomic E-state index is 11.9. The minimum absolute atomic E-state index is 0. The third-order valence-corrected chi connectivity index (χ3v) is 4.31. The van der Waals surface area contributed by atoms with Crippen LogP contribution in [0.3, 0.4) is 0 Å². The third-order valence-electron chi connectivity index (χ3n) is 4.31. The van der Waals surface area contributed by atoms with Gasteiger partial charge in [-0.2, -0.15) is 0 Å². The van der Waals surface area contributed by atoms with Crippen LogP contribution in [0.15, 0.2) is 0 Å². The number of carbonyl (C=O) groups is 1. The molecule has 7 heteroatoms. The zero-order chi connectivity index (χ0) is 13.8. The second kappa shape index (κ2) is 9.85. The number of likely N-dealkylation sites (tertiary alicyclic amines) is 1. The van der Waals surface area contributed by atoms with Gasteiger partial charge in [0.25, 0.3) is 0 Å². The Morgan fingerprint density at radius 2 is 2.19 bits per heavy atom. The molecule has 0 aliphatic carbocycles. The minimum atomic E-state index is -0.379.